The van der Waals surface area contributed by atoms with E-state index in [0.29, 0.717) is 12.1 Å². The van der Waals surface area contributed by atoms with E-state index in [-0.39, 0.29) is 31.6 Å². The minimum absolute atomic E-state index is 0.0147. The fourth-order valence-corrected chi connectivity index (χ4v) is 4.18. The number of aromatic hydroxyl groups is 1. The fourth-order valence-electron chi connectivity index (χ4n) is 4.18. The second-order valence-electron chi connectivity index (χ2n) is 8.28. The molecule has 4 rings (SSSR count). The number of carbonyl (C=O) groups excluding carboxylic acids is 2. The Kier molecular flexibility index (Phi) is 5.22. The highest BCUT2D eigenvalue weighted by Crippen LogP contribution is 2.37. The molecular weight excluding hydrogens is 434 g/mol. The Hall–Kier alpha value is -3.37. The van der Waals surface area contributed by atoms with Crippen LogP contribution >= 0.6 is 0 Å². The van der Waals surface area contributed by atoms with Gasteiger partial charge in [-0.2, -0.15) is 0 Å². The van der Waals surface area contributed by atoms with Crippen LogP contribution in [0.25, 0.3) is 0 Å². The molecule has 0 saturated carbocycles. The molecule has 1 saturated heterocycles. The third-order valence-electron chi connectivity index (χ3n) is 5.87. The SMILES string of the molecule is CC1(F)CCN2CC(C1)n1cc(C(=O)NCc3c(F)cc(F)cc3F)c(=O)c(O)c1C2=O. The molecule has 11 heteroatoms. The van der Waals surface area contributed by atoms with Crippen molar-refractivity contribution in [2.75, 3.05) is 13.1 Å². The van der Waals surface area contributed by atoms with E-state index >= 15 is 0 Å². The average molecular weight is 453 g/mol. The Morgan fingerprint density at radius 3 is 2.56 bits per heavy atom. The van der Waals surface area contributed by atoms with Gasteiger partial charge in [0.2, 0.25) is 5.43 Å². The quantitative estimate of drug-likeness (QED) is 0.699. The van der Waals surface area contributed by atoms with Crippen molar-refractivity contribution in [3.8, 4) is 5.75 Å². The number of nitrogens with zero attached hydrogens (tertiary/aromatic N) is 2. The molecule has 0 aliphatic carbocycles. The van der Waals surface area contributed by atoms with Crippen molar-refractivity contribution in [3.05, 3.63) is 62.8 Å². The van der Waals surface area contributed by atoms with Crippen molar-refractivity contribution in [2.45, 2.75) is 38.0 Å². The molecule has 3 heterocycles. The molecule has 1 aromatic carbocycles. The van der Waals surface area contributed by atoms with Gasteiger partial charge in [-0.15, -0.1) is 0 Å². The molecule has 32 heavy (non-hydrogen) atoms. The Morgan fingerprint density at radius 2 is 1.91 bits per heavy atom. The molecule has 170 valence electrons. The lowest BCUT2D eigenvalue weighted by Gasteiger charge is -2.34. The van der Waals surface area contributed by atoms with Gasteiger partial charge in [0.1, 0.15) is 28.7 Å². The Morgan fingerprint density at radius 1 is 1.25 bits per heavy atom. The number of halogens is 4. The van der Waals surface area contributed by atoms with Gasteiger partial charge >= 0.3 is 0 Å². The zero-order valence-corrected chi connectivity index (χ0v) is 16.9. The van der Waals surface area contributed by atoms with Crippen LogP contribution in [0.15, 0.2) is 23.1 Å². The van der Waals surface area contributed by atoms with Crippen LogP contribution < -0.4 is 10.7 Å². The molecule has 2 aromatic rings. The lowest BCUT2D eigenvalue weighted by molar-refractivity contribution is 0.0677. The molecule has 1 aromatic heterocycles. The molecule has 2 aliphatic rings. The van der Waals surface area contributed by atoms with Gasteiger partial charge in [0.15, 0.2) is 11.4 Å². The van der Waals surface area contributed by atoms with Gasteiger partial charge in [0.05, 0.1) is 6.04 Å². The van der Waals surface area contributed by atoms with Crippen molar-refractivity contribution in [3.63, 3.8) is 0 Å². The van der Waals surface area contributed by atoms with Crippen molar-refractivity contribution in [1.82, 2.24) is 14.8 Å². The normalized spacial score (nSPS) is 22.3. The van der Waals surface area contributed by atoms with E-state index < -0.39 is 69.8 Å². The summed E-state index contributed by atoms with van der Waals surface area (Å²) in [6, 6.07) is 0.258. The number of amides is 2. The lowest BCUT2D eigenvalue weighted by atomic mass is 9.96. The third kappa shape index (κ3) is 3.71. The molecule has 0 radical (unpaired) electrons. The number of carbonyl (C=O) groups is 2. The van der Waals surface area contributed by atoms with Gasteiger partial charge in [0.25, 0.3) is 11.8 Å². The van der Waals surface area contributed by atoms with Crippen molar-refractivity contribution >= 4 is 11.8 Å². The van der Waals surface area contributed by atoms with Crippen molar-refractivity contribution < 1.29 is 32.3 Å². The first kappa shape index (κ1) is 21.8. The smallest absolute Gasteiger partial charge is 0.274 e. The number of nitrogens with one attached hydrogen (secondary N) is 1. The summed E-state index contributed by atoms with van der Waals surface area (Å²) in [6.07, 6.45) is 1.11. The van der Waals surface area contributed by atoms with E-state index in [1.807, 2.05) is 0 Å². The van der Waals surface area contributed by atoms with Crippen LogP contribution in [0, 0.1) is 17.5 Å². The van der Waals surface area contributed by atoms with Crippen LogP contribution in [-0.4, -0.2) is 45.1 Å². The molecule has 2 aliphatic heterocycles. The standard InChI is InChI=1S/C21H19F4N3O4/c1-21(25)2-3-27-8-11(6-21)28-9-13(17(29)18(30)16(28)20(27)32)19(31)26-7-12-14(23)4-10(22)5-15(12)24/h4-5,9,11,30H,2-3,6-8H2,1H3,(H,26,31). The number of pyridine rings is 1. The van der Waals surface area contributed by atoms with E-state index in [2.05, 4.69) is 5.32 Å². The van der Waals surface area contributed by atoms with Crippen LogP contribution in [0.1, 0.15) is 52.2 Å². The molecule has 2 atom stereocenters. The zero-order valence-electron chi connectivity index (χ0n) is 16.9. The average Bonchev–Trinajstić information content (AvgIpc) is 2.84. The largest absolute Gasteiger partial charge is 0.503 e. The molecule has 0 spiro atoms. The van der Waals surface area contributed by atoms with Gasteiger partial charge in [0, 0.05) is 49.9 Å². The number of alkyl halides is 1. The minimum Gasteiger partial charge on any atom is -0.503 e. The summed E-state index contributed by atoms with van der Waals surface area (Å²) in [5.74, 6) is -6.27. The first-order valence-electron chi connectivity index (χ1n) is 9.86. The number of fused-ring (bicyclic) bond motifs is 4. The first-order chi connectivity index (χ1) is 15.0. The van der Waals surface area contributed by atoms with Crippen LogP contribution in [0.4, 0.5) is 17.6 Å². The maximum atomic E-state index is 14.8. The van der Waals surface area contributed by atoms with Crippen LogP contribution in [0.2, 0.25) is 0 Å². The van der Waals surface area contributed by atoms with Gasteiger partial charge in [-0.25, -0.2) is 17.6 Å². The maximum Gasteiger partial charge on any atom is 0.274 e. The molecule has 7 nitrogen and oxygen atoms in total. The van der Waals surface area contributed by atoms with Crippen LogP contribution in [-0.2, 0) is 6.54 Å². The molecule has 2 amide bonds. The summed E-state index contributed by atoms with van der Waals surface area (Å²) >= 11 is 0. The minimum atomic E-state index is -1.61. The number of rotatable bonds is 3. The summed E-state index contributed by atoms with van der Waals surface area (Å²) < 4.78 is 56.7. The molecule has 2 N–H and O–H groups in total. The molecular formula is C21H19F4N3O4. The highest BCUT2D eigenvalue weighted by Gasteiger charge is 2.42. The van der Waals surface area contributed by atoms with Crippen molar-refractivity contribution in [1.29, 1.82) is 0 Å². The highest BCUT2D eigenvalue weighted by molar-refractivity contribution is 5.99. The van der Waals surface area contributed by atoms with E-state index in [1.165, 1.54) is 16.4 Å². The summed E-state index contributed by atoms with van der Waals surface area (Å²) in [6.45, 7) is 0.950. The number of benzene rings is 1. The maximum absolute atomic E-state index is 14.8. The number of aromatic nitrogens is 1. The third-order valence-corrected chi connectivity index (χ3v) is 5.87. The van der Waals surface area contributed by atoms with Gasteiger partial charge in [-0.05, 0) is 13.3 Å². The summed E-state index contributed by atoms with van der Waals surface area (Å²) in [5, 5.41) is 12.6. The van der Waals surface area contributed by atoms with E-state index in [4.69, 9.17) is 0 Å². The van der Waals surface area contributed by atoms with Crippen LogP contribution in [0.3, 0.4) is 0 Å². The van der Waals surface area contributed by atoms with Gasteiger partial charge in [-0.3, -0.25) is 14.4 Å². The molecule has 2 bridgehead atoms. The van der Waals surface area contributed by atoms with E-state index in [0.717, 1.165) is 6.20 Å². The predicted molar refractivity (Wildman–Crippen MR) is 104 cm³/mol. The highest BCUT2D eigenvalue weighted by atomic mass is 19.2. The number of hydrogen-bond donors (Lipinski definition) is 2. The fraction of sp³-hybridized carbons (Fsp3) is 0.381. The van der Waals surface area contributed by atoms with Gasteiger partial charge < -0.3 is 19.9 Å². The second-order valence-corrected chi connectivity index (χ2v) is 8.28. The number of hydrogen-bond acceptors (Lipinski definition) is 4. The van der Waals surface area contributed by atoms with Gasteiger partial charge in [-0.1, -0.05) is 0 Å². The lowest BCUT2D eigenvalue weighted by Crippen LogP contribution is -2.44. The molecule has 2 unspecified atom stereocenters. The van der Waals surface area contributed by atoms with E-state index in [9.17, 15) is 37.1 Å². The van der Waals surface area contributed by atoms with Crippen LogP contribution in [0.5, 0.6) is 5.75 Å². The zero-order chi connectivity index (χ0) is 23.4. The summed E-state index contributed by atoms with van der Waals surface area (Å²) in [4.78, 5) is 39.3. The molecule has 1 fully saturated rings. The topological polar surface area (TPSA) is 91.6 Å². The predicted octanol–water partition coefficient (Wildman–Crippen LogP) is 2.42. The summed E-state index contributed by atoms with van der Waals surface area (Å²) in [7, 11) is 0. The second kappa shape index (κ2) is 7.64. The Balaban J connectivity index is 1.69. The Bertz CT molecular complexity index is 1170. The monoisotopic (exact) mass is 453 g/mol. The Labute approximate surface area is 179 Å². The first-order valence-corrected chi connectivity index (χ1v) is 9.86. The summed E-state index contributed by atoms with van der Waals surface area (Å²) in [5.41, 5.74) is -4.30. The van der Waals surface area contributed by atoms with Crippen molar-refractivity contribution in [2.24, 2.45) is 0 Å². The van der Waals surface area contributed by atoms with E-state index in [1.54, 1.807) is 0 Å².